The molecule has 0 radical (unpaired) electrons. The van der Waals surface area contributed by atoms with Gasteiger partial charge in [0.1, 0.15) is 11.9 Å². The Hall–Kier alpha value is -0.900. The first kappa shape index (κ1) is 15.0. The molecular formula is C16H14BrCl2NO. The maximum Gasteiger partial charge on any atom is 0.123 e. The number of nitrogens with one attached hydrogen (secondary N) is 1. The van der Waals surface area contributed by atoms with Crippen LogP contribution in [0.15, 0.2) is 34.8 Å². The highest BCUT2D eigenvalue weighted by Gasteiger charge is 2.23. The maximum absolute atomic E-state index is 6.21. The van der Waals surface area contributed by atoms with Gasteiger partial charge in [-0.3, -0.25) is 0 Å². The van der Waals surface area contributed by atoms with Crippen molar-refractivity contribution >= 4 is 44.8 Å². The Kier molecular flexibility index (Phi) is 4.34. The van der Waals surface area contributed by atoms with Crippen LogP contribution in [0, 0.1) is 6.92 Å². The number of halogens is 3. The Morgan fingerprint density at radius 1 is 1.24 bits per heavy atom. The zero-order valence-corrected chi connectivity index (χ0v) is 14.5. The molecule has 0 saturated carbocycles. The van der Waals surface area contributed by atoms with Crippen molar-refractivity contribution in [3.8, 4) is 5.75 Å². The van der Waals surface area contributed by atoms with Crippen LogP contribution in [0.25, 0.3) is 0 Å². The van der Waals surface area contributed by atoms with Crippen LogP contribution in [-0.4, -0.2) is 12.6 Å². The Labute approximate surface area is 142 Å². The lowest BCUT2D eigenvalue weighted by Crippen LogP contribution is -2.24. The van der Waals surface area contributed by atoms with E-state index in [-0.39, 0.29) is 6.10 Å². The number of fused-ring (bicyclic) bond motifs is 1. The molecule has 2 aromatic rings. The normalized spacial score (nSPS) is 16.5. The summed E-state index contributed by atoms with van der Waals surface area (Å²) in [6.07, 6.45) is 0.994. The van der Waals surface area contributed by atoms with Gasteiger partial charge in [-0.15, -0.1) is 0 Å². The summed E-state index contributed by atoms with van der Waals surface area (Å²) in [4.78, 5) is 0. The third-order valence-corrected chi connectivity index (χ3v) is 4.52. The average Bonchev–Trinajstić information content (AvgIpc) is 2.79. The van der Waals surface area contributed by atoms with Crippen molar-refractivity contribution in [1.29, 1.82) is 0 Å². The molecule has 2 nitrogen and oxygen atoms in total. The number of benzene rings is 2. The molecule has 0 fully saturated rings. The van der Waals surface area contributed by atoms with E-state index in [1.807, 2.05) is 18.2 Å². The van der Waals surface area contributed by atoms with E-state index < -0.39 is 0 Å². The van der Waals surface area contributed by atoms with Crippen LogP contribution in [0.3, 0.4) is 0 Å². The van der Waals surface area contributed by atoms with Crippen LogP contribution in [0.5, 0.6) is 5.75 Å². The molecule has 1 aliphatic heterocycles. The zero-order valence-electron chi connectivity index (χ0n) is 11.4. The van der Waals surface area contributed by atoms with Crippen LogP contribution in [0.2, 0.25) is 10.0 Å². The first-order valence-electron chi connectivity index (χ1n) is 6.67. The highest BCUT2D eigenvalue weighted by molar-refractivity contribution is 9.10. The smallest absolute Gasteiger partial charge is 0.123 e. The summed E-state index contributed by atoms with van der Waals surface area (Å²) in [5, 5.41) is 4.49. The van der Waals surface area contributed by atoms with Gasteiger partial charge in [-0.05, 0) is 30.7 Å². The van der Waals surface area contributed by atoms with Crippen molar-refractivity contribution in [2.45, 2.75) is 19.4 Å². The third-order valence-electron chi connectivity index (χ3n) is 3.47. The zero-order chi connectivity index (χ0) is 15.0. The quantitative estimate of drug-likeness (QED) is 0.753. The minimum Gasteiger partial charge on any atom is -0.488 e. The molecule has 1 aliphatic rings. The predicted molar refractivity (Wildman–Crippen MR) is 92.0 cm³/mol. The van der Waals surface area contributed by atoms with E-state index in [0.717, 1.165) is 22.3 Å². The monoisotopic (exact) mass is 385 g/mol. The van der Waals surface area contributed by atoms with Gasteiger partial charge in [0.05, 0.1) is 22.3 Å². The molecule has 0 aromatic heterocycles. The van der Waals surface area contributed by atoms with Crippen LogP contribution in [0.4, 0.5) is 5.69 Å². The number of aryl methyl sites for hydroxylation is 1. The first-order valence-corrected chi connectivity index (χ1v) is 8.22. The SMILES string of the molecule is Cc1ccc2c(c1)CC(CNc1c(Cl)cc(Br)cc1Cl)O2. The van der Waals surface area contributed by atoms with Gasteiger partial charge in [0.25, 0.3) is 0 Å². The van der Waals surface area contributed by atoms with Gasteiger partial charge >= 0.3 is 0 Å². The molecule has 1 N–H and O–H groups in total. The van der Waals surface area contributed by atoms with Gasteiger partial charge in [-0.1, -0.05) is 56.8 Å². The van der Waals surface area contributed by atoms with Crippen LogP contribution >= 0.6 is 39.1 Å². The topological polar surface area (TPSA) is 21.3 Å². The Morgan fingerprint density at radius 3 is 2.67 bits per heavy atom. The Morgan fingerprint density at radius 2 is 1.95 bits per heavy atom. The van der Waals surface area contributed by atoms with Gasteiger partial charge in [0.15, 0.2) is 0 Å². The fourth-order valence-corrected chi connectivity index (χ4v) is 3.83. The van der Waals surface area contributed by atoms with Crippen molar-refractivity contribution in [2.24, 2.45) is 0 Å². The van der Waals surface area contributed by atoms with Crippen molar-refractivity contribution in [2.75, 3.05) is 11.9 Å². The summed E-state index contributed by atoms with van der Waals surface area (Å²) in [5.74, 6) is 0.973. The number of ether oxygens (including phenoxy) is 1. The molecule has 0 bridgehead atoms. The largest absolute Gasteiger partial charge is 0.488 e. The lowest BCUT2D eigenvalue weighted by atomic mass is 10.1. The molecule has 0 aliphatic carbocycles. The molecule has 2 aromatic carbocycles. The molecule has 3 rings (SSSR count). The summed E-state index contributed by atoms with van der Waals surface area (Å²) in [7, 11) is 0. The van der Waals surface area contributed by atoms with Crippen molar-refractivity contribution in [3.05, 3.63) is 56.0 Å². The standard InChI is InChI=1S/C16H14BrCl2NO/c1-9-2-3-15-10(4-9)5-12(21-15)8-20-16-13(18)6-11(17)7-14(16)19/h2-4,6-7,12,20H,5,8H2,1H3. The lowest BCUT2D eigenvalue weighted by Gasteiger charge is -2.15. The maximum atomic E-state index is 6.21. The second kappa shape index (κ2) is 6.07. The van der Waals surface area contributed by atoms with Gasteiger partial charge < -0.3 is 10.1 Å². The van der Waals surface area contributed by atoms with E-state index >= 15 is 0 Å². The van der Waals surface area contributed by atoms with E-state index in [1.165, 1.54) is 11.1 Å². The third kappa shape index (κ3) is 3.31. The molecule has 110 valence electrons. The first-order chi connectivity index (χ1) is 10.0. The Bertz CT molecular complexity index is 667. The second-order valence-corrected chi connectivity index (χ2v) is 6.91. The minimum absolute atomic E-state index is 0.0950. The number of anilines is 1. The van der Waals surface area contributed by atoms with Gasteiger partial charge in [-0.25, -0.2) is 0 Å². The summed E-state index contributed by atoms with van der Waals surface area (Å²) in [5.41, 5.74) is 3.26. The lowest BCUT2D eigenvalue weighted by molar-refractivity contribution is 0.246. The van der Waals surface area contributed by atoms with Gasteiger partial charge in [0, 0.05) is 10.9 Å². The number of hydrogen-bond donors (Lipinski definition) is 1. The summed E-state index contributed by atoms with van der Waals surface area (Å²) in [6, 6.07) is 9.92. The average molecular weight is 387 g/mol. The molecule has 0 saturated heterocycles. The Balaban J connectivity index is 1.68. The summed E-state index contributed by atoms with van der Waals surface area (Å²) in [6.45, 7) is 2.75. The molecule has 0 amide bonds. The number of rotatable bonds is 3. The van der Waals surface area contributed by atoms with Crippen molar-refractivity contribution < 1.29 is 4.74 Å². The summed E-state index contributed by atoms with van der Waals surface area (Å²) < 4.78 is 6.79. The molecule has 1 atom stereocenters. The van der Waals surface area contributed by atoms with Crippen LogP contribution in [0.1, 0.15) is 11.1 Å². The van der Waals surface area contributed by atoms with Crippen molar-refractivity contribution in [1.82, 2.24) is 0 Å². The molecule has 21 heavy (non-hydrogen) atoms. The molecule has 1 heterocycles. The fourth-order valence-electron chi connectivity index (χ4n) is 2.49. The molecular weight excluding hydrogens is 373 g/mol. The van der Waals surface area contributed by atoms with Gasteiger partial charge in [0.2, 0.25) is 0 Å². The summed E-state index contributed by atoms with van der Waals surface area (Å²) >= 11 is 15.8. The number of hydrogen-bond acceptors (Lipinski definition) is 2. The van der Waals surface area contributed by atoms with E-state index in [2.05, 4.69) is 40.3 Å². The van der Waals surface area contributed by atoms with E-state index in [9.17, 15) is 0 Å². The fraction of sp³-hybridized carbons (Fsp3) is 0.250. The van der Waals surface area contributed by atoms with E-state index in [0.29, 0.717) is 16.6 Å². The van der Waals surface area contributed by atoms with E-state index in [1.54, 1.807) is 0 Å². The van der Waals surface area contributed by atoms with E-state index in [4.69, 9.17) is 27.9 Å². The van der Waals surface area contributed by atoms with Gasteiger partial charge in [-0.2, -0.15) is 0 Å². The molecule has 5 heteroatoms. The van der Waals surface area contributed by atoms with Crippen LogP contribution < -0.4 is 10.1 Å². The molecule has 1 unspecified atom stereocenters. The highest BCUT2D eigenvalue weighted by Crippen LogP contribution is 2.35. The minimum atomic E-state index is 0.0950. The second-order valence-electron chi connectivity index (χ2n) is 5.18. The predicted octanol–water partition coefficient (Wildman–Crippen LogP) is 5.48. The highest BCUT2D eigenvalue weighted by atomic mass is 79.9. The van der Waals surface area contributed by atoms with Crippen LogP contribution in [-0.2, 0) is 6.42 Å². The van der Waals surface area contributed by atoms with Crippen molar-refractivity contribution in [3.63, 3.8) is 0 Å². The molecule has 0 spiro atoms.